The lowest BCUT2D eigenvalue weighted by Gasteiger charge is -2.41. The van der Waals surface area contributed by atoms with Crippen molar-refractivity contribution in [2.75, 3.05) is 20.2 Å². The first-order valence-corrected chi connectivity index (χ1v) is 8.25. The van der Waals surface area contributed by atoms with E-state index in [0.717, 1.165) is 18.7 Å². The average Bonchev–Trinajstić information content (AvgIpc) is 3.07. The zero-order valence-electron chi connectivity index (χ0n) is 14.4. The van der Waals surface area contributed by atoms with Gasteiger partial charge in [-0.3, -0.25) is 9.69 Å². The molecule has 2 heterocycles. The van der Waals surface area contributed by atoms with Gasteiger partial charge in [0, 0.05) is 13.1 Å². The van der Waals surface area contributed by atoms with E-state index in [1.54, 1.807) is 0 Å². The number of aromatic nitrogens is 2. The SMILES string of the molecule is COC(=O)C1(c2ccccc2)CCN(C(C)c2nc(C)no2)CC1. The maximum Gasteiger partial charge on any atom is 0.316 e. The summed E-state index contributed by atoms with van der Waals surface area (Å²) >= 11 is 0. The van der Waals surface area contributed by atoms with Crippen molar-refractivity contribution >= 4 is 5.97 Å². The van der Waals surface area contributed by atoms with Crippen molar-refractivity contribution in [3.05, 3.63) is 47.6 Å². The number of carbonyl (C=O) groups excluding carboxylic acids is 1. The monoisotopic (exact) mass is 329 g/mol. The average molecular weight is 329 g/mol. The van der Waals surface area contributed by atoms with E-state index < -0.39 is 5.41 Å². The molecule has 0 amide bonds. The van der Waals surface area contributed by atoms with Crippen molar-refractivity contribution in [1.82, 2.24) is 15.0 Å². The summed E-state index contributed by atoms with van der Waals surface area (Å²) in [6.07, 6.45) is 1.42. The maximum absolute atomic E-state index is 12.6. The summed E-state index contributed by atoms with van der Waals surface area (Å²) in [5, 5.41) is 3.86. The molecule has 6 nitrogen and oxygen atoms in total. The Bertz CT molecular complexity index is 691. The first-order valence-electron chi connectivity index (χ1n) is 8.25. The minimum Gasteiger partial charge on any atom is -0.468 e. The lowest BCUT2D eigenvalue weighted by molar-refractivity contribution is -0.150. The third kappa shape index (κ3) is 2.94. The molecule has 3 rings (SSSR count). The molecule has 6 heteroatoms. The highest BCUT2D eigenvalue weighted by molar-refractivity contribution is 5.83. The molecule has 0 aliphatic carbocycles. The Hall–Kier alpha value is -2.21. The number of methoxy groups -OCH3 is 1. The van der Waals surface area contributed by atoms with Gasteiger partial charge in [0.05, 0.1) is 18.6 Å². The van der Waals surface area contributed by atoms with Crippen molar-refractivity contribution in [2.45, 2.75) is 38.1 Å². The van der Waals surface area contributed by atoms with Gasteiger partial charge in [-0.15, -0.1) is 0 Å². The fraction of sp³-hybridized carbons (Fsp3) is 0.500. The normalized spacial score (nSPS) is 19.0. The molecule has 0 radical (unpaired) electrons. The number of esters is 1. The summed E-state index contributed by atoms with van der Waals surface area (Å²) in [6.45, 7) is 5.41. The number of ether oxygens (including phenoxy) is 1. The van der Waals surface area contributed by atoms with Gasteiger partial charge in [-0.2, -0.15) is 4.98 Å². The van der Waals surface area contributed by atoms with Crippen LogP contribution in [0.3, 0.4) is 0 Å². The smallest absolute Gasteiger partial charge is 0.316 e. The Kier molecular flexibility index (Phi) is 4.66. The van der Waals surface area contributed by atoms with Crippen molar-refractivity contribution in [3.63, 3.8) is 0 Å². The predicted octanol–water partition coefficient (Wildman–Crippen LogP) is 2.65. The molecule has 1 unspecified atom stereocenters. The highest BCUT2D eigenvalue weighted by atomic mass is 16.5. The molecule has 2 aromatic rings. The summed E-state index contributed by atoms with van der Waals surface area (Å²) in [4.78, 5) is 19.2. The second-order valence-corrected chi connectivity index (χ2v) is 6.33. The van der Waals surface area contributed by atoms with Crippen LogP contribution in [0.5, 0.6) is 0 Å². The van der Waals surface area contributed by atoms with E-state index in [1.165, 1.54) is 7.11 Å². The van der Waals surface area contributed by atoms with Gasteiger partial charge in [-0.25, -0.2) is 0 Å². The topological polar surface area (TPSA) is 68.5 Å². The summed E-state index contributed by atoms with van der Waals surface area (Å²) in [5.74, 6) is 1.11. The van der Waals surface area contributed by atoms with Crippen LogP contribution >= 0.6 is 0 Å². The van der Waals surface area contributed by atoms with Crippen LogP contribution in [-0.4, -0.2) is 41.2 Å². The largest absolute Gasteiger partial charge is 0.468 e. The number of likely N-dealkylation sites (tertiary alicyclic amines) is 1. The van der Waals surface area contributed by atoms with E-state index in [4.69, 9.17) is 9.26 Å². The molecule has 1 aromatic heterocycles. The molecule has 1 atom stereocenters. The van der Waals surface area contributed by atoms with E-state index >= 15 is 0 Å². The van der Waals surface area contributed by atoms with E-state index in [2.05, 4.69) is 22.0 Å². The molecule has 1 aliphatic rings. The van der Waals surface area contributed by atoms with Crippen LogP contribution in [-0.2, 0) is 14.9 Å². The highest BCUT2D eigenvalue weighted by Gasteiger charge is 2.45. The van der Waals surface area contributed by atoms with Crippen LogP contribution in [0.4, 0.5) is 0 Å². The van der Waals surface area contributed by atoms with E-state index in [9.17, 15) is 4.79 Å². The number of hydrogen-bond acceptors (Lipinski definition) is 6. The van der Waals surface area contributed by atoms with Crippen molar-refractivity contribution < 1.29 is 14.1 Å². The number of nitrogens with zero attached hydrogens (tertiary/aromatic N) is 3. The van der Waals surface area contributed by atoms with Gasteiger partial charge in [0.25, 0.3) is 0 Å². The summed E-state index contributed by atoms with van der Waals surface area (Å²) in [5.41, 5.74) is 0.453. The number of aryl methyl sites for hydroxylation is 1. The summed E-state index contributed by atoms with van der Waals surface area (Å²) in [6, 6.07) is 9.96. The van der Waals surface area contributed by atoms with Crippen LogP contribution < -0.4 is 0 Å². The number of rotatable bonds is 4. The predicted molar refractivity (Wildman–Crippen MR) is 88.4 cm³/mol. The van der Waals surface area contributed by atoms with Crippen LogP contribution in [0.25, 0.3) is 0 Å². The lowest BCUT2D eigenvalue weighted by atomic mass is 9.72. The Labute approximate surface area is 141 Å². The van der Waals surface area contributed by atoms with Crippen LogP contribution in [0.15, 0.2) is 34.9 Å². The molecular formula is C18H23N3O3. The van der Waals surface area contributed by atoms with Crippen molar-refractivity contribution in [2.24, 2.45) is 0 Å². The molecule has 24 heavy (non-hydrogen) atoms. The molecule has 1 fully saturated rings. The molecule has 1 aromatic carbocycles. The first kappa shape index (κ1) is 16.6. The lowest BCUT2D eigenvalue weighted by Crippen LogP contribution is -2.48. The quantitative estimate of drug-likeness (QED) is 0.803. The molecular weight excluding hydrogens is 306 g/mol. The van der Waals surface area contributed by atoms with Crippen LogP contribution in [0, 0.1) is 6.92 Å². The zero-order chi connectivity index (χ0) is 17.2. The number of piperidine rings is 1. The second kappa shape index (κ2) is 6.73. The van der Waals surface area contributed by atoms with E-state index in [1.807, 2.05) is 37.3 Å². The van der Waals surface area contributed by atoms with Crippen molar-refractivity contribution in [1.29, 1.82) is 0 Å². The van der Waals surface area contributed by atoms with E-state index in [-0.39, 0.29) is 12.0 Å². The Morgan fingerprint density at radius 2 is 1.96 bits per heavy atom. The minimum absolute atomic E-state index is 0.0395. The van der Waals surface area contributed by atoms with Gasteiger partial charge in [-0.1, -0.05) is 35.5 Å². The van der Waals surface area contributed by atoms with Gasteiger partial charge in [0.2, 0.25) is 5.89 Å². The molecule has 1 aliphatic heterocycles. The minimum atomic E-state index is -0.572. The fourth-order valence-electron chi connectivity index (χ4n) is 3.50. The molecule has 128 valence electrons. The van der Waals surface area contributed by atoms with Crippen LogP contribution in [0.2, 0.25) is 0 Å². The third-order valence-corrected chi connectivity index (χ3v) is 5.00. The molecule has 0 saturated carbocycles. The molecule has 0 N–H and O–H groups in total. The van der Waals surface area contributed by atoms with E-state index in [0.29, 0.717) is 24.6 Å². The standard InChI is InChI=1S/C18H23N3O3/c1-13(16-19-14(2)20-24-16)21-11-9-18(10-12-21,17(22)23-3)15-7-5-4-6-8-15/h4-8,13H,9-12H2,1-3H3. The molecule has 0 bridgehead atoms. The number of carbonyl (C=O) groups is 1. The van der Waals surface area contributed by atoms with Gasteiger partial charge in [0.15, 0.2) is 5.82 Å². The van der Waals surface area contributed by atoms with Crippen LogP contribution in [0.1, 0.15) is 43.1 Å². The number of benzene rings is 1. The van der Waals surface area contributed by atoms with Gasteiger partial charge >= 0.3 is 5.97 Å². The second-order valence-electron chi connectivity index (χ2n) is 6.33. The third-order valence-electron chi connectivity index (χ3n) is 5.00. The summed E-state index contributed by atoms with van der Waals surface area (Å²) in [7, 11) is 1.46. The van der Waals surface area contributed by atoms with Gasteiger partial charge < -0.3 is 9.26 Å². The van der Waals surface area contributed by atoms with Gasteiger partial charge in [-0.05, 0) is 32.3 Å². The Morgan fingerprint density at radius 1 is 1.29 bits per heavy atom. The zero-order valence-corrected chi connectivity index (χ0v) is 14.4. The Balaban J connectivity index is 1.79. The highest BCUT2D eigenvalue weighted by Crippen LogP contribution is 2.38. The number of hydrogen-bond donors (Lipinski definition) is 0. The van der Waals surface area contributed by atoms with Gasteiger partial charge in [0.1, 0.15) is 0 Å². The molecule has 1 saturated heterocycles. The Morgan fingerprint density at radius 3 is 2.50 bits per heavy atom. The van der Waals surface area contributed by atoms with Crippen molar-refractivity contribution in [3.8, 4) is 0 Å². The fourth-order valence-corrected chi connectivity index (χ4v) is 3.50. The maximum atomic E-state index is 12.6. The molecule has 0 spiro atoms. The first-order chi connectivity index (χ1) is 11.6. The summed E-state index contributed by atoms with van der Waals surface area (Å²) < 4.78 is 10.4.